The van der Waals surface area contributed by atoms with Crippen LogP contribution in [-0.2, 0) is 9.59 Å². The average molecular weight is 253 g/mol. The third-order valence-corrected chi connectivity index (χ3v) is 3.05. The first-order chi connectivity index (χ1) is 8.54. The van der Waals surface area contributed by atoms with Gasteiger partial charge in [-0.3, -0.25) is 9.59 Å². The number of carboxylic acids is 1. The highest BCUT2D eigenvalue weighted by atomic mass is 19.1. The van der Waals surface area contributed by atoms with E-state index in [4.69, 9.17) is 9.84 Å². The molecule has 0 bridgehead atoms. The fraction of sp³-hybridized carbons (Fsp3) is 0.333. The van der Waals surface area contributed by atoms with Gasteiger partial charge in [0, 0.05) is 18.5 Å². The van der Waals surface area contributed by atoms with Crippen molar-refractivity contribution in [2.24, 2.45) is 5.92 Å². The largest absolute Gasteiger partial charge is 0.497 e. The second-order valence-corrected chi connectivity index (χ2v) is 4.05. The van der Waals surface area contributed by atoms with Gasteiger partial charge in [0.1, 0.15) is 17.5 Å². The zero-order valence-corrected chi connectivity index (χ0v) is 9.64. The maximum Gasteiger partial charge on any atom is 0.316 e. The lowest BCUT2D eigenvalue weighted by molar-refractivity contribution is -0.145. The van der Waals surface area contributed by atoms with E-state index < -0.39 is 29.5 Å². The molecule has 0 radical (unpaired) electrons. The Kier molecular flexibility index (Phi) is 3.18. The predicted octanol–water partition coefficient (Wildman–Crippen LogP) is 0.748. The Morgan fingerprint density at radius 2 is 2.28 bits per heavy atom. The number of carbonyl (C=O) groups excluding carboxylic acids is 1. The summed E-state index contributed by atoms with van der Waals surface area (Å²) in [6.07, 6.45) is 0. The number of hydrogen-bond donors (Lipinski definition) is 2. The number of ether oxygens (including phenoxy) is 1. The van der Waals surface area contributed by atoms with Crippen molar-refractivity contribution in [1.29, 1.82) is 0 Å². The number of carbonyl (C=O) groups is 2. The minimum Gasteiger partial charge on any atom is -0.497 e. The maximum absolute atomic E-state index is 13.8. The van der Waals surface area contributed by atoms with E-state index in [0.717, 1.165) is 0 Å². The number of rotatable bonds is 3. The smallest absolute Gasteiger partial charge is 0.316 e. The number of halogens is 1. The molecule has 1 saturated heterocycles. The van der Waals surface area contributed by atoms with Crippen LogP contribution in [0.2, 0.25) is 0 Å². The van der Waals surface area contributed by atoms with Crippen molar-refractivity contribution in [3.63, 3.8) is 0 Å². The number of aliphatic carboxylic acids is 1. The van der Waals surface area contributed by atoms with Crippen LogP contribution in [0.25, 0.3) is 0 Å². The summed E-state index contributed by atoms with van der Waals surface area (Å²) >= 11 is 0. The van der Waals surface area contributed by atoms with Crippen LogP contribution < -0.4 is 10.1 Å². The Morgan fingerprint density at radius 1 is 1.56 bits per heavy atom. The Hall–Kier alpha value is -2.11. The molecule has 1 heterocycles. The van der Waals surface area contributed by atoms with Crippen LogP contribution in [0.4, 0.5) is 4.39 Å². The number of methoxy groups -OCH3 is 1. The molecule has 2 unspecified atom stereocenters. The van der Waals surface area contributed by atoms with Crippen molar-refractivity contribution >= 4 is 11.9 Å². The SMILES string of the molecule is COc1ccc(C2CNC(=O)C2C(=O)O)c(F)c1. The van der Waals surface area contributed by atoms with Gasteiger partial charge in [0.2, 0.25) is 5.91 Å². The molecule has 1 fully saturated rings. The fourth-order valence-corrected chi connectivity index (χ4v) is 2.13. The van der Waals surface area contributed by atoms with Gasteiger partial charge in [0.15, 0.2) is 0 Å². The Morgan fingerprint density at radius 3 is 2.83 bits per heavy atom. The normalized spacial score (nSPS) is 22.7. The van der Waals surface area contributed by atoms with Crippen LogP contribution in [0.5, 0.6) is 5.75 Å². The van der Waals surface area contributed by atoms with Crippen molar-refractivity contribution in [3.8, 4) is 5.75 Å². The number of benzene rings is 1. The lowest BCUT2D eigenvalue weighted by Gasteiger charge is -2.14. The summed E-state index contributed by atoms with van der Waals surface area (Å²) in [7, 11) is 1.41. The van der Waals surface area contributed by atoms with Gasteiger partial charge in [0.25, 0.3) is 0 Å². The molecule has 2 rings (SSSR count). The van der Waals surface area contributed by atoms with E-state index in [2.05, 4.69) is 5.32 Å². The van der Waals surface area contributed by atoms with Crippen LogP contribution >= 0.6 is 0 Å². The van der Waals surface area contributed by atoms with Gasteiger partial charge in [-0.15, -0.1) is 0 Å². The highest BCUT2D eigenvalue weighted by molar-refractivity contribution is 5.99. The van der Waals surface area contributed by atoms with Crippen molar-refractivity contribution in [3.05, 3.63) is 29.6 Å². The van der Waals surface area contributed by atoms with Crippen molar-refractivity contribution < 1.29 is 23.8 Å². The molecule has 1 aromatic carbocycles. The van der Waals surface area contributed by atoms with Gasteiger partial charge in [-0.05, 0) is 11.6 Å². The topological polar surface area (TPSA) is 75.6 Å². The molecule has 2 atom stereocenters. The summed E-state index contributed by atoms with van der Waals surface area (Å²) in [6, 6.07) is 4.17. The lowest BCUT2D eigenvalue weighted by atomic mass is 9.88. The summed E-state index contributed by atoms with van der Waals surface area (Å²) in [5, 5.41) is 11.4. The van der Waals surface area contributed by atoms with Gasteiger partial charge in [0.05, 0.1) is 7.11 Å². The molecule has 1 amide bonds. The third kappa shape index (κ3) is 2.01. The summed E-state index contributed by atoms with van der Waals surface area (Å²) in [5.41, 5.74) is 0.210. The minimum absolute atomic E-state index is 0.124. The van der Waals surface area contributed by atoms with Crippen LogP contribution in [0.1, 0.15) is 11.5 Å². The first-order valence-corrected chi connectivity index (χ1v) is 5.38. The molecule has 6 heteroatoms. The number of hydrogen-bond acceptors (Lipinski definition) is 3. The van der Waals surface area contributed by atoms with Crippen LogP contribution in [0.3, 0.4) is 0 Å². The molecular formula is C12H12FNO4. The summed E-state index contributed by atoms with van der Waals surface area (Å²) in [6.45, 7) is 0.124. The van der Waals surface area contributed by atoms with E-state index in [0.29, 0.717) is 5.75 Å². The molecule has 0 spiro atoms. The minimum atomic E-state index is -1.25. The summed E-state index contributed by atoms with van der Waals surface area (Å²) in [4.78, 5) is 22.4. The fourth-order valence-electron chi connectivity index (χ4n) is 2.13. The van der Waals surface area contributed by atoms with E-state index in [1.165, 1.54) is 19.2 Å². The number of nitrogens with one attached hydrogen (secondary N) is 1. The molecule has 1 aliphatic heterocycles. The summed E-state index contributed by atoms with van der Waals surface area (Å²) in [5.74, 6) is -3.98. The molecule has 0 aliphatic carbocycles. The zero-order chi connectivity index (χ0) is 13.3. The molecule has 1 aromatic rings. The van der Waals surface area contributed by atoms with Crippen LogP contribution in [-0.4, -0.2) is 30.6 Å². The first kappa shape index (κ1) is 12.3. The van der Waals surface area contributed by atoms with Gasteiger partial charge in [-0.25, -0.2) is 4.39 Å². The van der Waals surface area contributed by atoms with Gasteiger partial charge >= 0.3 is 5.97 Å². The van der Waals surface area contributed by atoms with Crippen molar-refractivity contribution in [2.75, 3.05) is 13.7 Å². The van der Waals surface area contributed by atoms with Crippen molar-refractivity contribution in [2.45, 2.75) is 5.92 Å². The first-order valence-electron chi connectivity index (χ1n) is 5.38. The van der Waals surface area contributed by atoms with Crippen LogP contribution in [0, 0.1) is 11.7 Å². The van der Waals surface area contributed by atoms with E-state index in [1.54, 1.807) is 6.07 Å². The summed E-state index contributed by atoms with van der Waals surface area (Å²) < 4.78 is 18.7. The molecule has 0 saturated carbocycles. The second kappa shape index (κ2) is 4.64. The molecule has 0 aromatic heterocycles. The Balaban J connectivity index is 2.36. The second-order valence-electron chi connectivity index (χ2n) is 4.05. The van der Waals surface area contributed by atoms with Gasteiger partial charge in [-0.2, -0.15) is 0 Å². The molecular weight excluding hydrogens is 241 g/mol. The van der Waals surface area contributed by atoms with E-state index in [-0.39, 0.29) is 12.1 Å². The Bertz CT molecular complexity index is 503. The van der Waals surface area contributed by atoms with Gasteiger partial charge in [-0.1, -0.05) is 6.07 Å². The lowest BCUT2D eigenvalue weighted by Crippen LogP contribution is -2.27. The monoisotopic (exact) mass is 253 g/mol. The molecule has 96 valence electrons. The maximum atomic E-state index is 13.8. The zero-order valence-electron chi connectivity index (χ0n) is 9.64. The predicted molar refractivity (Wildman–Crippen MR) is 59.8 cm³/mol. The molecule has 5 nitrogen and oxygen atoms in total. The molecule has 2 N–H and O–H groups in total. The van der Waals surface area contributed by atoms with E-state index in [1.807, 2.05) is 0 Å². The highest BCUT2D eigenvalue weighted by Crippen LogP contribution is 2.32. The number of amides is 1. The van der Waals surface area contributed by atoms with Gasteiger partial charge < -0.3 is 15.2 Å². The standard InChI is InChI=1S/C12H12FNO4/c1-18-6-2-3-7(9(13)4-6)8-5-14-11(15)10(8)12(16)17/h2-4,8,10H,5H2,1H3,(H,14,15)(H,16,17). The quantitative estimate of drug-likeness (QED) is 0.779. The van der Waals surface area contributed by atoms with Crippen molar-refractivity contribution in [1.82, 2.24) is 5.32 Å². The average Bonchev–Trinajstić information content (AvgIpc) is 2.70. The molecule has 18 heavy (non-hydrogen) atoms. The van der Waals surface area contributed by atoms with Crippen LogP contribution in [0.15, 0.2) is 18.2 Å². The highest BCUT2D eigenvalue weighted by Gasteiger charge is 2.42. The number of carboxylic acid groups (broad SMARTS) is 1. The van der Waals surface area contributed by atoms with E-state index in [9.17, 15) is 14.0 Å². The van der Waals surface area contributed by atoms with E-state index >= 15 is 0 Å². The molecule has 1 aliphatic rings. The Labute approximate surface area is 103 Å². The third-order valence-electron chi connectivity index (χ3n) is 3.05.